The highest BCUT2D eigenvalue weighted by Crippen LogP contribution is 2.43. The molecule has 1 unspecified atom stereocenters. The molecular weight excluding hydrogens is 450 g/mol. The predicted octanol–water partition coefficient (Wildman–Crippen LogP) is 5.29. The first-order chi connectivity index (χ1) is 16.2. The largest absolute Gasteiger partial charge is 0.493 e. The number of fused-ring (bicyclic) bond motifs is 1. The molecule has 0 amide bonds. The van der Waals surface area contributed by atoms with Gasteiger partial charge in [-0.3, -0.25) is 0 Å². The van der Waals surface area contributed by atoms with E-state index in [1.165, 1.54) is 0 Å². The Morgan fingerprint density at radius 1 is 0.912 bits per heavy atom. The molecule has 3 aromatic rings. The third-order valence-corrected chi connectivity index (χ3v) is 7.95. The second kappa shape index (κ2) is 9.68. The molecule has 1 heterocycles. The fourth-order valence-corrected chi connectivity index (χ4v) is 5.98. The van der Waals surface area contributed by atoms with Gasteiger partial charge in [-0.25, -0.2) is 8.42 Å². The number of nitrogens with zero attached hydrogens (tertiary/aromatic N) is 1. The molecule has 1 atom stereocenters. The number of benzene rings is 3. The molecule has 0 fully saturated rings. The monoisotopic (exact) mass is 481 g/mol. The van der Waals surface area contributed by atoms with Gasteiger partial charge in [-0.1, -0.05) is 35.9 Å². The standard InChI is InChI=1S/C27H31NO5S/c1-18(2)33-22-11-8-20(9-12-22)25-16-21-10-15-26(31-4)27(32-5)24(21)17-28(25)34(29,30)23-13-6-19(3)7-14-23/h6-15,18,25H,16-17H2,1-5H3. The molecule has 0 aromatic heterocycles. The first kappa shape index (κ1) is 24.1. The zero-order chi connectivity index (χ0) is 24.5. The average Bonchev–Trinajstić information content (AvgIpc) is 2.82. The highest BCUT2D eigenvalue weighted by Gasteiger charge is 2.38. The normalized spacial score (nSPS) is 16.2. The van der Waals surface area contributed by atoms with Crippen LogP contribution in [0.15, 0.2) is 65.6 Å². The van der Waals surface area contributed by atoms with Gasteiger partial charge in [0.05, 0.1) is 31.3 Å². The van der Waals surface area contributed by atoms with Crippen LogP contribution in [-0.2, 0) is 23.0 Å². The van der Waals surface area contributed by atoms with Crippen molar-refractivity contribution < 1.29 is 22.6 Å². The third kappa shape index (κ3) is 4.63. The molecular formula is C27H31NO5S. The van der Waals surface area contributed by atoms with Crippen LogP contribution in [0.5, 0.6) is 17.2 Å². The van der Waals surface area contributed by atoms with Crippen molar-refractivity contribution in [2.24, 2.45) is 0 Å². The van der Waals surface area contributed by atoms with E-state index in [2.05, 4.69) is 0 Å². The van der Waals surface area contributed by atoms with Crippen LogP contribution in [0.25, 0.3) is 0 Å². The van der Waals surface area contributed by atoms with Crippen molar-refractivity contribution in [3.63, 3.8) is 0 Å². The van der Waals surface area contributed by atoms with Crippen molar-refractivity contribution in [3.8, 4) is 17.2 Å². The summed E-state index contributed by atoms with van der Waals surface area (Å²) in [5.74, 6) is 1.92. The van der Waals surface area contributed by atoms with E-state index in [1.807, 2.05) is 69.3 Å². The van der Waals surface area contributed by atoms with Gasteiger partial charge in [0.25, 0.3) is 0 Å². The SMILES string of the molecule is COc1ccc2c(c1OC)CN(S(=O)(=O)c1ccc(C)cc1)C(c1ccc(OC(C)C)cc1)C2. The maximum atomic E-state index is 13.9. The number of rotatable bonds is 7. The molecule has 7 heteroatoms. The molecule has 34 heavy (non-hydrogen) atoms. The number of aryl methyl sites for hydroxylation is 1. The van der Waals surface area contributed by atoms with Gasteiger partial charge >= 0.3 is 0 Å². The lowest BCUT2D eigenvalue weighted by molar-refractivity contribution is 0.242. The molecule has 0 N–H and O–H groups in total. The Labute approximate surface area is 202 Å². The van der Waals surface area contributed by atoms with Gasteiger partial charge < -0.3 is 14.2 Å². The van der Waals surface area contributed by atoms with Crippen LogP contribution in [0.4, 0.5) is 0 Å². The number of ether oxygens (including phenoxy) is 3. The Kier molecular flexibility index (Phi) is 6.86. The number of hydrogen-bond donors (Lipinski definition) is 0. The Balaban J connectivity index is 1.82. The summed E-state index contributed by atoms with van der Waals surface area (Å²) in [6.45, 7) is 6.07. The summed E-state index contributed by atoms with van der Waals surface area (Å²) >= 11 is 0. The number of hydrogen-bond acceptors (Lipinski definition) is 5. The van der Waals surface area contributed by atoms with Crippen molar-refractivity contribution in [2.45, 2.75) is 50.8 Å². The van der Waals surface area contributed by atoms with Crippen LogP contribution in [-0.4, -0.2) is 33.0 Å². The van der Waals surface area contributed by atoms with Gasteiger partial charge in [0.2, 0.25) is 10.0 Å². The minimum Gasteiger partial charge on any atom is -0.493 e. The van der Waals surface area contributed by atoms with Crippen molar-refractivity contribution in [1.82, 2.24) is 4.31 Å². The van der Waals surface area contributed by atoms with E-state index < -0.39 is 10.0 Å². The number of sulfonamides is 1. The molecule has 4 rings (SSSR count). The minimum atomic E-state index is -3.79. The van der Waals surface area contributed by atoms with Crippen molar-refractivity contribution in [2.75, 3.05) is 14.2 Å². The van der Waals surface area contributed by atoms with Crippen molar-refractivity contribution >= 4 is 10.0 Å². The van der Waals surface area contributed by atoms with Gasteiger partial charge in [0, 0.05) is 12.1 Å². The molecule has 0 spiro atoms. The molecule has 0 saturated carbocycles. The Bertz CT molecular complexity index is 1250. The molecule has 180 valence electrons. The number of methoxy groups -OCH3 is 2. The Morgan fingerprint density at radius 2 is 1.59 bits per heavy atom. The summed E-state index contributed by atoms with van der Waals surface area (Å²) in [5.41, 5.74) is 3.79. The lowest BCUT2D eigenvalue weighted by Gasteiger charge is -2.37. The van der Waals surface area contributed by atoms with Gasteiger partial charge in [0.15, 0.2) is 11.5 Å². The first-order valence-corrected chi connectivity index (χ1v) is 12.8. The van der Waals surface area contributed by atoms with Gasteiger partial charge in [-0.15, -0.1) is 0 Å². The van der Waals surface area contributed by atoms with Crippen LogP contribution in [0.2, 0.25) is 0 Å². The predicted molar refractivity (Wildman–Crippen MR) is 132 cm³/mol. The van der Waals surface area contributed by atoms with Gasteiger partial charge in [-0.2, -0.15) is 4.31 Å². The van der Waals surface area contributed by atoms with Crippen LogP contribution >= 0.6 is 0 Å². The van der Waals surface area contributed by atoms with Gasteiger partial charge in [0.1, 0.15) is 5.75 Å². The molecule has 0 aliphatic carbocycles. The van der Waals surface area contributed by atoms with E-state index in [0.29, 0.717) is 17.9 Å². The highest BCUT2D eigenvalue weighted by atomic mass is 32.2. The van der Waals surface area contributed by atoms with E-state index in [9.17, 15) is 8.42 Å². The maximum Gasteiger partial charge on any atom is 0.243 e. The Hall–Kier alpha value is -3.03. The summed E-state index contributed by atoms with van der Waals surface area (Å²) in [6.07, 6.45) is 0.582. The summed E-state index contributed by atoms with van der Waals surface area (Å²) in [6, 6.07) is 18.2. The summed E-state index contributed by atoms with van der Waals surface area (Å²) in [4.78, 5) is 0.271. The quantitative estimate of drug-likeness (QED) is 0.459. The molecule has 0 saturated heterocycles. The van der Waals surface area contributed by atoms with Gasteiger partial charge in [-0.05, 0) is 68.7 Å². The minimum absolute atomic E-state index is 0.0632. The van der Waals surface area contributed by atoms with E-state index >= 15 is 0 Å². The zero-order valence-electron chi connectivity index (χ0n) is 20.2. The van der Waals surface area contributed by atoms with Crippen LogP contribution < -0.4 is 14.2 Å². The topological polar surface area (TPSA) is 65.1 Å². The van der Waals surface area contributed by atoms with E-state index in [4.69, 9.17) is 14.2 Å². The van der Waals surface area contributed by atoms with Crippen molar-refractivity contribution in [1.29, 1.82) is 0 Å². The Morgan fingerprint density at radius 3 is 2.18 bits per heavy atom. The van der Waals surface area contributed by atoms with Crippen LogP contribution in [0.3, 0.4) is 0 Å². The van der Waals surface area contributed by atoms with E-state index in [0.717, 1.165) is 28.0 Å². The average molecular weight is 482 g/mol. The second-order valence-electron chi connectivity index (χ2n) is 8.76. The van der Waals surface area contributed by atoms with E-state index in [1.54, 1.807) is 30.7 Å². The van der Waals surface area contributed by atoms with Crippen LogP contribution in [0.1, 0.15) is 42.1 Å². The first-order valence-electron chi connectivity index (χ1n) is 11.3. The molecule has 1 aliphatic heterocycles. The lowest BCUT2D eigenvalue weighted by atomic mass is 9.91. The fraction of sp³-hybridized carbons (Fsp3) is 0.333. The second-order valence-corrected chi connectivity index (χ2v) is 10.6. The highest BCUT2D eigenvalue weighted by molar-refractivity contribution is 7.89. The third-order valence-electron chi connectivity index (χ3n) is 6.08. The molecule has 1 aliphatic rings. The summed E-state index contributed by atoms with van der Waals surface area (Å²) in [7, 11) is -0.626. The molecule has 3 aromatic carbocycles. The fourth-order valence-electron chi connectivity index (χ4n) is 4.40. The molecule has 0 radical (unpaired) electrons. The van der Waals surface area contributed by atoms with Crippen molar-refractivity contribution in [3.05, 3.63) is 82.9 Å². The van der Waals surface area contributed by atoms with Crippen LogP contribution in [0, 0.1) is 6.92 Å². The smallest absolute Gasteiger partial charge is 0.243 e. The zero-order valence-corrected chi connectivity index (χ0v) is 21.1. The summed E-state index contributed by atoms with van der Waals surface area (Å²) < 4.78 is 46.2. The maximum absolute atomic E-state index is 13.9. The molecule has 6 nitrogen and oxygen atoms in total. The van der Waals surface area contributed by atoms with E-state index in [-0.39, 0.29) is 23.6 Å². The lowest BCUT2D eigenvalue weighted by Crippen LogP contribution is -2.39. The molecule has 0 bridgehead atoms. The summed E-state index contributed by atoms with van der Waals surface area (Å²) in [5, 5.41) is 0.